The van der Waals surface area contributed by atoms with E-state index in [0.29, 0.717) is 16.1 Å². The van der Waals surface area contributed by atoms with Gasteiger partial charge in [0.25, 0.3) is 11.5 Å². The Labute approximate surface area is 177 Å². The number of nitrogens with zero attached hydrogens (tertiary/aromatic N) is 4. The average Bonchev–Trinajstić information content (AvgIpc) is 3.14. The Kier molecular flexibility index (Phi) is 4.93. The molecule has 0 aromatic carbocycles. The molecular weight excluding hydrogens is 443 g/mol. The lowest BCUT2D eigenvalue weighted by Gasteiger charge is -2.17. The van der Waals surface area contributed by atoms with Crippen LogP contribution < -0.4 is 11.0 Å². The molecule has 1 aliphatic carbocycles. The minimum atomic E-state index is -4.81. The molecule has 0 spiro atoms. The van der Waals surface area contributed by atoms with Gasteiger partial charge in [-0.25, -0.2) is 9.66 Å². The summed E-state index contributed by atoms with van der Waals surface area (Å²) in [7, 11) is 1.17. The van der Waals surface area contributed by atoms with Gasteiger partial charge in [0, 0.05) is 11.9 Å². The van der Waals surface area contributed by atoms with Crippen molar-refractivity contribution in [3.63, 3.8) is 0 Å². The molecule has 1 amide bonds. The average molecular weight is 460 g/mol. The molecule has 1 aliphatic rings. The number of amides is 1. The molecule has 3 heterocycles. The second-order valence-corrected chi connectivity index (χ2v) is 8.87. The highest BCUT2D eigenvalue weighted by Crippen LogP contribution is 2.36. The fourth-order valence-electron chi connectivity index (χ4n) is 3.70. The fraction of sp³-hybridized carbons (Fsp3) is 0.444. The minimum Gasteiger partial charge on any atom is -0.267 e. The second-order valence-electron chi connectivity index (χ2n) is 7.40. The maximum atomic E-state index is 13.1. The van der Waals surface area contributed by atoms with Gasteiger partial charge < -0.3 is 0 Å². The van der Waals surface area contributed by atoms with Crippen LogP contribution >= 0.6 is 22.9 Å². The molecule has 0 aliphatic heterocycles. The second kappa shape index (κ2) is 7.09. The number of hydrogen-bond donors (Lipinski definition) is 1. The van der Waals surface area contributed by atoms with Crippen molar-refractivity contribution in [3.8, 4) is 0 Å². The number of rotatable bonds is 2. The fourth-order valence-corrected chi connectivity index (χ4v) is 5.48. The molecule has 3 aromatic rings. The number of carbonyl (C=O) groups excluding carboxylic acids is 1. The predicted octanol–water partition coefficient (Wildman–Crippen LogP) is 3.68. The highest BCUT2D eigenvalue weighted by molar-refractivity contribution is 7.18. The molecule has 0 unspecified atom stereocenters. The van der Waals surface area contributed by atoms with Gasteiger partial charge in [-0.05, 0) is 37.7 Å². The molecule has 7 nitrogen and oxygen atoms in total. The third kappa shape index (κ3) is 3.29. The summed E-state index contributed by atoms with van der Waals surface area (Å²) in [6, 6.07) is 0. The van der Waals surface area contributed by atoms with E-state index < -0.39 is 34.1 Å². The van der Waals surface area contributed by atoms with Crippen LogP contribution in [0.3, 0.4) is 0 Å². The number of aromatic nitrogens is 4. The van der Waals surface area contributed by atoms with Crippen LogP contribution in [0.15, 0.2) is 4.79 Å². The Hall–Kier alpha value is -2.40. The van der Waals surface area contributed by atoms with Gasteiger partial charge in [-0.2, -0.15) is 18.3 Å². The van der Waals surface area contributed by atoms with Crippen LogP contribution in [0.5, 0.6) is 0 Å². The molecule has 0 fully saturated rings. The van der Waals surface area contributed by atoms with Crippen LogP contribution in [0.25, 0.3) is 10.2 Å². The largest absolute Gasteiger partial charge is 0.436 e. The monoisotopic (exact) mass is 459 g/mol. The molecule has 1 atom stereocenters. The first kappa shape index (κ1) is 20.9. The van der Waals surface area contributed by atoms with Crippen molar-refractivity contribution in [3.05, 3.63) is 43.0 Å². The summed E-state index contributed by atoms with van der Waals surface area (Å²) in [6.07, 6.45) is -2.25. The van der Waals surface area contributed by atoms with Crippen LogP contribution in [0.4, 0.5) is 13.2 Å². The smallest absolute Gasteiger partial charge is 0.267 e. The minimum absolute atomic E-state index is 0.210. The zero-order valence-corrected chi connectivity index (χ0v) is 17.8. The summed E-state index contributed by atoms with van der Waals surface area (Å²) >= 11 is 7.24. The predicted molar refractivity (Wildman–Crippen MR) is 107 cm³/mol. The summed E-state index contributed by atoms with van der Waals surface area (Å²) in [4.78, 5) is 32.0. The molecule has 0 radical (unpaired) electrons. The Balaban J connectivity index is 1.77. The van der Waals surface area contributed by atoms with E-state index in [4.69, 9.17) is 11.6 Å². The van der Waals surface area contributed by atoms with Crippen molar-refractivity contribution in [2.45, 2.75) is 39.3 Å². The van der Waals surface area contributed by atoms with Crippen molar-refractivity contribution in [1.29, 1.82) is 0 Å². The Morgan fingerprint density at radius 3 is 2.70 bits per heavy atom. The van der Waals surface area contributed by atoms with E-state index in [2.05, 4.69) is 22.4 Å². The van der Waals surface area contributed by atoms with Crippen molar-refractivity contribution in [1.82, 2.24) is 19.4 Å². The van der Waals surface area contributed by atoms with E-state index in [9.17, 15) is 22.8 Å². The van der Waals surface area contributed by atoms with Gasteiger partial charge in [-0.15, -0.1) is 11.3 Å². The molecule has 12 heteroatoms. The van der Waals surface area contributed by atoms with Gasteiger partial charge in [0.1, 0.15) is 21.4 Å². The summed E-state index contributed by atoms with van der Waals surface area (Å²) in [5, 5.41) is 2.91. The maximum absolute atomic E-state index is 13.1. The van der Waals surface area contributed by atoms with Gasteiger partial charge in [0.05, 0.1) is 5.39 Å². The lowest BCUT2D eigenvalue weighted by atomic mass is 9.89. The topological polar surface area (TPSA) is 81.8 Å². The van der Waals surface area contributed by atoms with E-state index in [1.165, 1.54) is 25.3 Å². The van der Waals surface area contributed by atoms with Gasteiger partial charge >= 0.3 is 6.18 Å². The van der Waals surface area contributed by atoms with Crippen molar-refractivity contribution in [2.75, 3.05) is 5.43 Å². The molecule has 0 bridgehead atoms. The van der Waals surface area contributed by atoms with Gasteiger partial charge in [0.15, 0.2) is 5.69 Å². The summed E-state index contributed by atoms with van der Waals surface area (Å²) in [5.41, 5.74) is 0.936. The highest BCUT2D eigenvalue weighted by atomic mass is 35.5. The Morgan fingerprint density at radius 2 is 2.07 bits per heavy atom. The number of hydrogen-bond acceptors (Lipinski definition) is 5. The van der Waals surface area contributed by atoms with E-state index in [1.54, 1.807) is 0 Å². The first-order chi connectivity index (χ1) is 14.0. The van der Waals surface area contributed by atoms with Crippen LogP contribution in [0, 0.1) is 12.8 Å². The zero-order valence-electron chi connectivity index (χ0n) is 16.2. The maximum Gasteiger partial charge on any atom is 0.436 e. The molecule has 4 rings (SSSR count). The third-order valence-corrected chi connectivity index (χ3v) is 6.69. The van der Waals surface area contributed by atoms with Crippen molar-refractivity contribution < 1.29 is 18.0 Å². The Bertz CT molecular complexity index is 1240. The van der Waals surface area contributed by atoms with Gasteiger partial charge in [-0.1, -0.05) is 18.5 Å². The van der Waals surface area contributed by atoms with E-state index in [0.717, 1.165) is 39.1 Å². The highest BCUT2D eigenvalue weighted by Gasteiger charge is 2.40. The first-order valence-electron chi connectivity index (χ1n) is 9.14. The first-order valence-corrected chi connectivity index (χ1v) is 10.3. The number of nitrogens with one attached hydrogen (secondary N) is 1. The van der Waals surface area contributed by atoms with Crippen LogP contribution in [0.2, 0.25) is 5.02 Å². The Morgan fingerprint density at radius 1 is 1.37 bits per heavy atom. The third-order valence-electron chi connectivity index (χ3n) is 5.18. The molecule has 30 heavy (non-hydrogen) atoms. The summed E-state index contributed by atoms with van der Waals surface area (Å²) < 4.78 is 40.8. The van der Waals surface area contributed by atoms with E-state index >= 15 is 0 Å². The number of thiophene rings is 1. The lowest BCUT2D eigenvalue weighted by molar-refractivity contribution is -0.141. The normalized spacial score (nSPS) is 16.7. The van der Waals surface area contributed by atoms with E-state index in [-0.39, 0.29) is 5.82 Å². The standard InChI is InChI=1S/C18H17ClF3N5O2S/c1-7-4-5-9-10(6-7)30-16-11(9)17(29)27(8(2)23-16)25-15(28)13-12(19)14(18(20,21)22)24-26(13)3/h7H,4-6H2,1-3H3,(H,25,28)/t7-/m0/s1. The SMILES string of the molecule is Cc1nc2sc3c(c2c(=O)n1NC(=O)c1c(Cl)c(C(F)(F)F)nn1C)CC[C@H](C)C3. The van der Waals surface area contributed by atoms with Gasteiger partial charge in [0.2, 0.25) is 0 Å². The number of carbonyl (C=O) groups is 1. The molecule has 1 N–H and O–H groups in total. The molecule has 0 saturated carbocycles. The van der Waals surface area contributed by atoms with Crippen molar-refractivity contribution >= 4 is 39.1 Å². The number of fused-ring (bicyclic) bond motifs is 3. The molecular formula is C18H17ClF3N5O2S. The molecule has 0 saturated heterocycles. The van der Waals surface area contributed by atoms with Crippen LogP contribution in [-0.4, -0.2) is 25.3 Å². The van der Waals surface area contributed by atoms with E-state index in [1.807, 2.05) is 0 Å². The van der Waals surface area contributed by atoms with Gasteiger partial charge in [-0.3, -0.25) is 19.7 Å². The summed E-state index contributed by atoms with van der Waals surface area (Å²) in [5.74, 6) is -0.264. The number of halogens is 4. The van der Waals surface area contributed by atoms with Crippen molar-refractivity contribution in [2.24, 2.45) is 13.0 Å². The zero-order chi connectivity index (χ0) is 22.0. The summed E-state index contributed by atoms with van der Waals surface area (Å²) in [6.45, 7) is 3.69. The number of aryl methyl sites for hydroxylation is 3. The quantitative estimate of drug-likeness (QED) is 0.633. The molecule has 3 aromatic heterocycles. The molecule has 160 valence electrons. The lowest BCUT2D eigenvalue weighted by Crippen LogP contribution is -2.36. The van der Waals surface area contributed by atoms with Crippen LogP contribution in [0.1, 0.15) is 45.8 Å². The number of alkyl halides is 3. The van der Waals surface area contributed by atoms with Crippen LogP contribution in [-0.2, 0) is 26.1 Å².